The van der Waals surface area contributed by atoms with E-state index in [2.05, 4.69) is 21.4 Å². The van der Waals surface area contributed by atoms with Crippen molar-refractivity contribution in [2.45, 2.75) is 6.54 Å². The number of hydrogen-bond donors (Lipinski definition) is 3. The molecular formula is C16H11ClN4O2. The number of benzene rings is 1. The fourth-order valence-corrected chi connectivity index (χ4v) is 2.57. The first-order chi connectivity index (χ1) is 11.1. The van der Waals surface area contributed by atoms with Gasteiger partial charge in [-0.05, 0) is 29.8 Å². The molecule has 0 spiro atoms. The Bertz CT molecular complexity index is 943. The maximum atomic E-state index is 10.6. The average molecular weight is 327 g/mol. The van der Waals surface area contributed by atoms with Gasteiger partial charge in [-0.2, -0.15) is 5.26 Å². The van der Waals surface area contributed by atoms with Gasteiger partial charge in [0.2, 0.25) is 0 Å². The molecule has 3 N–H and O–H groups in total. The SMILES string of the molecule is N#Cc1c(-c2cncc(CNC(=O)O)c2)[nH]c2cc(Cl)ccc12. The lowest BCUT2D eigenvalue weighted by atomic mass is 10.1. The van der Waals surface area contributed by atoms with Crippen molar-refractivity contribution in [2.24, 2.45) is 0 Å². The standard InChI is InChI=1S/C16H11ClN4O2/c17-11-1-2-12-13(5-18)15(21-14(12)4-11)10-3-9(6-19-8-10)7-20-16(22)23/h1-4,6,8,20-21H,7H2,(H,22,23). The van der Waals surface area contributed by atoms with E-state index in [1.165, 1.54) is 0 Å². The van der Waals surface area contributed by atoms with E-state index < -0.39 is 6.09 Å². The van der Waals surface area contributed by atoms with Gasteiger partial charge in [0.05, 0.1) is 11.3 Å². The van der Waals surface area contributed by atoms with Gasteiger partial charge in [-0.3, -0.25) is 4.98 Å². The Morgan fingerprint density at radius 2 is 2.22 bits per heavy atom. The molecule has 0 aliphatic heterocycles. The second kappa shape index (κ2) is 5.99. The summed E-state index contributed by atoms with van der Waals surface area (Å²) in [4.78, 5) is 17.9. The van der Waals surface area contributed by atoms with Gasteiger partial charge in [0, 0.05) is 40.4 Å². The minimum Gasteiger partial charge on any atom is -0.465 e. The van der Waals surface area contributed by atoms with Gasteiger partial charge in [-0.1, -0.05) is 11.6 Å². The van der Waals surface area contributed by atoms with E-state index in [0.29, 0.717) is 27.4 Å². The fourth-order valence-electron chi connectivity index (χ4n) is 2.40. The van der Waals surface area contributed by atoms with Crippen LogP contribution < -0.4 is 5.32 Å². The zero-order chi connectivity index (χ0) is 16.4. The fraction of sp³-hybridized carbons (Fsp3) is 0.0625. The lowest BCUT2D eigenvalue weighted by molar-refractivity contribution is 0.194. The summed E-state index contributed by atoms with van der Waals surface area (Å²) in [6.45, 7) is 0.143. The Morgan fingerprint density at radius 1 is 1.39 bits per heavy atom. The molecule has 0 bridgehead atoms. The second-order valence-corrected chi connectivity index (χ2v) is 5.35. The van der Waals surface area contributed by atoms with Crippen molar-refractivity contribution in [3.63, 3.8) is 0 Å². The summed E-state index contributed by atoms with van der Waals surface area (Å²) in [5.41, 5.74) is 3.30. The molecule has 3 aromatic rings. The molecule has 7 heteroatoms. The summed E-state index contributed by atoms with van der Waals surface area (Å²) in [5, 5.41) is 21.8. The molecule has 1 amide bonds. The monoisotopic (exact) mass is 326 g/mol. The highest BCUT2D eigenvalue weighted by molar-refractivity contribution is 6.31. The van der Waals surface area contributed by atoms with E-state index in [0.717, 1.165) is 10.9 Å². The number of nitrogens with zero attached hydrogens (tertiary/aromatic N) is 2. The number of carbonyl (C=O) groups is 1. The Morgan fingerprint density at radius 3 is 2.96 bits per heavy atom. The molecule has 23 heavy (non-hydrogen) atoms. The van der Waals surface area contributed by atoms with Crippen LogP contribution in [0.25, 0.3) is 22.2 Å². The summed E-state index contributed by atoms with van der Waals surface area (Å²) >= 11 is 5.99. The lowest BCUT2D eigenvalue weighted by Gasteiger charge is -2.04. The van der Waals surface area contributed by atoms with Crippen LogP contribution in [0.5, 0.6) is 0 Å². The molecule has 2 aromatic heterocycles. The number of fused-ring (bicyclic) bond motifs is 1. The predicted octanol–water partition coefficient (Wildman–Crippen LogP) is 3.52. The molecule has 0 atom stereocenters. The van der Waals surface area contributed by atoms with Gasteiger partial charge in [-0.15, -0.1) is 0 Å². The van der Waals surface area contributed by atoms with Crippen LogP contribution in [0.2, 0.25) is 5.02 Å². The molecule has 0 unspecified atom stereocenters. The largest absolute Gasteiger partial charge is 0.465 e. The number of pyridine rings is 1. The van der Waals surface area contributed by atoms with Crippen molar-refractivity contribution in [1.29, 1.82) is 5.26 Å². The molecule has 0 saturated carbocycles. The van der Waals surface area contributed by atoms with Crippen LogP contribution in [-0.4, -0.2) is 21.2 Å². The topological polar surface area (TPSA) is 102 Å². The number of aromatic amines is 1. The quantitative estimate of drug-likeness (QED) is 0.685. The van der Waals surface area contributed by atoms with E-state index in [4.69, 9.17) is 16.7 Å². The first kappa shape index (κ1) is 14.9. The highest BCUT2D eigenvalue weighted by Gasteiger charge is 2.14. The van der Waals surface area contributed by atoms with E-state index in [1.54, 1.807) is 36.7 Å². The molecule has 3 rings (SSSR count). The summed E-state index contributed by atoms with van der Waals surface area (Å²) in [6, 6.07) is 9.26. The molecule has 114 valence electrons. The number of nitriles is 1. The number of carboxylic acid groups (broad SMARTS) is 1. The Labute approximate surface area is 136 Å². The van der Waals surface area contributed by atoms with Crippen molar-refractivity contribution in [3.8, 4) is 17.3 Å². The van der Waals surface area contributed by atoms with Crippen LogP contribution in [0.3, 0.4) is 0 Å². The Hall–Kier alpha value is -3.04. The minimum absolute atomic E-state index is 0.143. The van der Waals surface area contributed by atoms with E-state index in [1.807, 2.05) is 0 Å². The smallest absolute Gasteiger partial charge is 0.404 e. The Balaban J connectivity index is 2.08. The van der Waals surface area contributed by atoms with Crippen LogP contribution in [0, 0.1) is 11.3 Å². The van der Waals surface area contributed by atoms with Crippen molar-refractivity contribution >= 4 is 28.6 Å². The van der Waals surface area contributed by atoms with Crippen LogP contribution >= 0.6 is 11.6 Å². The average Bonchev–Trinajstić information content (AvgIpc) is 2.90. The summed E-state index contributed by atoms with van der Waals surface area (Å²) in [6.07, 6.45) is 2.09. The first-order valence-electron chi connectivity index (χ1n) is 6.71. The Kier molecular flexibility index (Phi) is 3.87. The molecule has 2 heterocycles. The molecule has 0 radical (unpaired) electrons. The number of rotatable bonds is 3. The van der Waals surface area contributed by atoms with Crippen molar-refractivity contribution < 1.29 is 9.90 Å². The van der Waals surface area contributed by atoms with Crippen molar-refractivity contribution in [3.05, 3.63) is 52.8 Å². The van der Waals surface area contributed by atoms with E-state index >= 15 is 0 Å². The first-order valence-corrected chi connectivity index (χ1v) is 7.08. The number of hydrogen-bond acceptors (Lipinski definition) is 3. The summed E-state index contributed by atoms with van der Waals surface area (Å²) in [7, 11) is 0. The number of H-pyrrole nitrogens is 1. The van der Waals surface area contributed by atoms with E-state index in [9.17, 15) is 10.1 Å². The molecule has 0 aliphatic carbocycles. The van der Waals surface area contributed by atoms with Crippen LogP contribution in [-0.2, 0) is 6.54 Å². The third-order valence-corrected chi connectivity index (χ3v) is 3.63. The van der Waals surface area contributed by atoms with Crippen molar-refractivity contribution in [2.75, 3.05) is 0 Å². The van der Waals surface area contributed by atoms with Gasteiger partial charge in [0.25, 0.3) is 0 Å². The van der Waals surface area contributed by atoms with Gasteiger partial charge < -0.3 is 15.4 Å². The van der Waals surface area contributed by atoms with Gasteiger partial charge in [0.15, 0.2) is 0 Å². The lowest BCUT2D eigenvalue weighted by Crippen LogP contribution is -2.19. The highest BCUT2D eigenvalue weighted by atomic mass is 35.5. The maximum Gasteiger partial charge on any atom is 0.404 e. The highest BCUT2D eigenvalue weighted by Crippen LogP contribution is 2.31. The third-order valence-electron chi connectivity index (χ3n) is 3.40. The molecule has 0 fully saturated rings. The molecule has 1 aromatic carbocycles. The van der Waals surface area contributed by atoms with Gasteiger partial charge in [-0.25, -0.2) is 4.79 Å². The van der Waals surface area contributed by atoms with E-state index in [-0.39, 0.29) is 6.54 Å². The zero-order valence-electron chi connectivity index (χ0n) is 11.8. The third kappa shape index (κ3) is 2.96. The number of amides is 1. The summed E-state index contributed by atoms with van der Waals surface area (Å²) in [5.74, 6) is 0. The molecule has 6 nitrogen and oxygen atoms in total. The summed E-state index contributed by atoms with van der Waals surface area (Å²) < 4.78 is 0. The van der Waals surface area contributed by atoms with Crippen molar-refractivity contribution in [1.82, 2.24) is 15.3 Å². The number of nitrogens with one attached hydrogen (secondary N) is 2. The van der Waals surface area contributed by atoms with Crippen LogP contribution in [0.15, 0.2) is 36.7 Å². The molecule has 0 saturated heterocycles. The normalized spacial score (nSPS) is 10.4. The number of aromatic nitrogens is 2. The van der Waals surface area contributed by atoms with Gasteiger partial charge in [0.1, 0.15) is 6.07 Å². The van der Waals surface area contributed by atoms with Crippen LogP contribution in [0.4, 0.5) is 4.79 Å². The minimum atomic E-state index is -1.10. The van der Waals surface area contributed by atoms with Crippen LogP contribution in [0.1, 0.15) is 11.1 Å². The zero-order valence-corrected chi connectivity index (χ0v) is 12.6. The van der Waals surface area contributed by atoms with Gasteiger partial charge >= 0.3 is 6.09 Å². The number of halogens is 1. The molecule has 0 aliphatic rings. The molecular weight excluding hydrogens is 316 g/mol. The second-order valence-electron chi connectivity index (χ2n) is 4.92. The predicted molar refractivity (Wildman–Crippen MR) is 86.1 cm³/mol. The maximum absolute atomic E-state index is 10.6.